The first-order chi connectivity index (χ1) is 15.1. The van der Waals surface area contributed by atoms with Crippen LogP contribution >= 0.6 is 10.0 Å². The van der Waals surface area contributed by atoms with E-state index < -0.39 is 22.0 Å². The minimum absolute atomic E-state index is 0.136. The number of carbonyl (C=O) groups excluding carboxylic acids is 3. The molecule has 1 aliphatic rings. The average molecular weight is 458 g/mol. The van der Waals surface area contributed by atoms with Gasteiger partial charge in [0.1, 0.15) is 11.8 Å². The number of rotatable bonds is 7. The maximum Gasteiger partial charge on any atom is 0.251 e. The molecule has 0 radical (unpaired) electrons. The fourth-order valence-electron chi connectivity index (χ4n) is 3.69. The van der Waals surface area contributed by atoms with Gasteiger partial charge in [0, 0.05) is 25.7 Å². The molecular weight excluding hydrogens is 426 g/mol. The molecule has 0 aromatic heterocycles. The maximum atomic E-state index is 13.4. The molecule has 3 amide bonds. The molecular formula is C24H31N3O4S. The van der Waals surface area contributed by atoms with Crippen LogP contribution in [0.25, 0.3) is 0 Å². The quantitative estimate of drug-likeness (QED) is 0.669. The number of amides is 3. The van der Waals surface area contributed by atoms with E-state index in [-0.39, 0.29) is 30.7 Å². The predicted molar refractivity (Wildman–Crippen MR) is 128 cm³/mol. The number of anilines is 1. The zero-order valence-corrected chi connectivity index (χ0v) is 20.0. The largest absolute Gasteiger partial charge is 0.497 e. The summed E-state index contributed by atoms with van der Waals surface area (Å²) in [4.78, 5) is 40.7. The minimum Gasteiger partial charge on any atom is -0.497 e. The van der Waals surface area contributed by atoms with Crippen LogP contribution in [0.5, 0.6) is 5.75 Å². The van der Waals surface area contributed by atoms with Gasteiger partial charge in [0.25, 0.3) is 5.91 Å². The van der Waals surface area contributed by atoms with Gasteiger partial charge in [-0.25, -0.2) is 10.0 Å². The third-order valence-electron chi connectivity index (χ3n) is 5.57. The molecule has 2 aromatic carbocycles. The number of ether oxygens (including phenoxy) is 1. The van der Waals surface area contributed by atoms with Crippen molar-refractivity contribution in [1.29, 1.82) is 0 Å². The lowest BCUT2D eigenvalue weighted by Gasteiger charge is -2.30. The molecule has 32 heavy (non-hydrogen) atoms. The first-order valence-corrected chi connectivity index (χ1v) is 13.2. The molecule has 2 atom stereocenters. The van der Waals surface area contributed by atoms with Crippen LogP contribution in [0.3, 0.4) is 0 Å². The molecule has 0 spiro atoms. The Labute approximate surface area is 190 Å². The van der Waals surface area contributed by atoms with E-state index in [1.165, 1.54) is 9.80 Å². The van der Waals surface area contributed by atoms with Crippen molar-refractivity contribution in [3.05, 3.63) is 54.1 Å². The highest BCUT2D eigenvalue weighted by Gasteiger charge is 2.36. The average Bonchev–Trinajstić information content (AvgIpc) is 3.19. The molecule has 0 saturated carbocycles. The molecule has 0 aliphatic carbocycles. The number of methoxy groups -OCH3 is 1. The van der Waals surface area contributed by atoms with E-state index in [0.29, 0.717) is 17.0 Å². The van der Waals surface area contributed by atoms with Crippen LogP contribution in [0.1, 0.15) is 18.0 Å². The van der Waals surface area contributed by atoms with E-state index >= 15 is 0 Å². The molecule has 2 aromatic rings. The second-order valence-electron chi connectivity index (χ2n) is 8.68. The number of hydrogen-bond donors (Lipinski definition) is 2. The lowest BCUT2D eigenvalue weighted by atomic mass is 10.0. The van der Waals surface area contributed by atoms with Crippen LogP contribution in [0.4, 0.5) is 5.69 Å². The lowest BCUT2D eigenvalue weighted by molar-refractivity contribution is -0.140. The smallest absolute Gasteiger partial charge is 0.251 e. The molecule has 2 unspecified atom stereocenters. The Kier molecular flexibility index (Phi) is 7.13. The van der Waals surface area contributed by atoms with Crippen LogP contribution in [-0.2, 0) is 14.4 Å². The summed E-state index contributed by atoms with van der Waals surface area (Å²) in [6.45, 7) is 0.287. The lowest BCUT2D eigenvalue weighted by Crippen LogP contribution is -2.42. The van der Waals surface area contributed by atoms with Crippen molar-refractivity contribution < 1.29 is 19.1 Å². The predicted octanol–water partition coefficient (Wildman–Crippen LogP) is 3.02. The highest BCUT2D eigenvalue weighted by Crippen LogP contribution is 2.45. The summed E-state index contributed by atoms with van der Waals surface area (Å²) in [5.74, 6) is -0.531. The standard InChI is InChI=1S/C24H31N3O4S/c1-27(24(30)17-14-21(28)25-15-17)22(16-6-10-19(31-2)11-7-16)23(29)26-18-8-12-20(13-9-18)32(3,4)5/h6-13,17,22H,14-15H2,1-5H3,(H,25,28)(H,26,29). The molecule has 8 heteroatoms. The summed E-state index contributed by atoms with van der Waals surface area (Å²) in [6.07, 6.45) is 6.77. The van der Waals surface area contributed by atoms with Gasteiger partial charge in [-0.15, -0.1) is 0 Å². The number of nitrogens with zero attached hydrogens (tertiary/aromatic N) is 1. The van der Waals surface area contributed by atoms with Crippen LogP contribution in [0.2, 0.25) is 0 Å². The molecule has 7 nitrogen and oxygen atoms in total. The summed E-state index contributed by atoms with van der Waals surface area (Å²) in [5, 5.41) is 5.63. The maximum absolute atomic E-state index is 13.4. The van der Waals surface area contributed by atoms with Gasteiger partial charge < -0.3 is 20.3 Å². The topological polar surface area (TPSA) is 87.7 Å². The van der Waals surface area contributed by atoms with Gasteiger partial charge in [-0.3, -0.25) is 14.4 Å². The summed E-state index contributed by atoms with van der Waals surface area (Å²) in [7, 11) is 2.31. The summed E-state index contributed by atoms with van der Waals surface area (Å²) < 4.78 is 5.22. The summed E-state index contributed by atoms with van der Waals surface area (Å²) in [5.41, 5.74) is 1.33. The van der Waals surface area contributed by atoms with Crippen molar-refractivity contribution in [3.8, 4) is 5.75 Å². The Morgan fingerprint density at radius 1 is 1.09 bits per heavy atom. The number of hydrogen-bond acceptors (Lipinski definition) is 4. The zero-order chi connectivity index (χ0) is 23.5. The SMILES string of the molecule is COc1ccc(C(C(=O)Nc2ccc(S(C)(C)C)cc2)N(C)C(=O)C2CNC(=O)C2)cc1. The van der Waals surface area contributed by atoms with Crippen molar-refractivity contribution in [2.24, 2.45) is 5.92 Å². The van der Waals surface area contributed by atoms with Crippen LogP contribution in [0.15, 0.2) is 53.4 Å². The number of carbonyl (C=O) groups is 3. The van der Waals surface area contributed by atoms with Crippen molar-refractivity contribution >= 4 is 33.4 Å². The van der Waals surface area contributed by atoms with Crippen molar-refractivity contribution in [1.82, 2.24) is 10.2 Å². The first-order valence-electron chi connectivity index (χ1n) is 10.4. The number of likely N-dealkylation sites (N-methyl/N-ethyl adjacent to an activating group) is 1. The Balaban J connectivity index is 1.86. The molecule has 1 heterocycles. The molecule has 1 aliphatic heterocycles. The van der Waals surface area contributed by atoms with Gasteiger partial charge in [-0.1, -0.05) is 12.1 Å². The van der Waals surface area contributed by atoms with E-state index in [1.807, 2.05) is 24.3 Å². The van der Waals surface area contributed by atoms with Crippen molar-refractivity contribution in [2.45, 2.75) is 17.4 Å². The molecule has 3 rings (SSSR count). The molecule has 2 N–H and O–H groups in total. The second-order valence-corrected chi connectivity index (χ2v) is 12.8. The number of benzene rings is 2. The molecule has 1 fully saturated rings. The second kappa shape index (κ2) is 9.65. The fourth-order valence-corrected chi connectivity index (χ4v) is 4.64. The zero-order valence-electron chi connectivity index (χ0n) is 19.2. The minimum atomic E-state index is -0.864. The Hall–Kier alpha value is -3.00. The van der Waals surface area contributed by atoms with Gasteiger partial charge in [-0.2, -0.15) is 0 Å². The third-order valence-corrected chi connectivity index (χ3v) is 7.26. The van der Waals surface area contributed by atoms with Gasteiger partial charge in [0.05, 0.1) is 13.0 Å². The van der Waals surface area contributed by atoms with Crippen LogP contribution in [0, 0.1) is 5.92 Å². The van der Waals surface area contributed by atoms with Crippen molar-refractivity contribution in [3.63, 3.8) is 0 Å². The Morgan fingerprint density at radius 3 is 2.22 bits per heavy atom. The van der Waals surface area contributed by atoms with Crippen LogP contribution in [-0.4, -0.2) is 62.1 Å². The monoisotopic (exact) mass is 457 g/mol. The first kappa shape index (κ1) is 23.7. The fraction of sp³-hybridized carbons (Fsp3) is 0.375. The van der Waals surface area contributed by atoms with E-state index in [9.17, 15) is 14.4 Å². The molecule has 1 saturated heterocycles. The van der Waals surface area contributed by atoms with E-state index in [0.717, 1.165) is 0 Å². The Morgan fingerprint density at radius 2 is 1.72 bits per heavy atom. The number of nitrogens with one attached hydrogen (secondary N) is 2. The van der Waals surface area contributed by atoms with Crippen molar-refractivity contribution in [2.75, 3.05) is 44.8 Å². The van der Waals surface area contributed by atoms with Gasteiger partial charge in [-0.05, 0) is 65.6 Å². The van der Waals surface area contributed by atoms with E-state index in [2.05, 4.69) is 29.4 Å². The molecule has 172 valence electrons. The molecule has 0 bridgehead atoms. The van der Waals surface area contributed by atoms with Crippen LogP contribution < -0.4 is 15.4 Å². The summed E-state index contributed by atoms with van der Waals surface area (Å²) >= 11 is 0. The van der Waals surface area contributed by atoms with Gasteiger partial charge in [0.15, 0.2) is 0 Å². The van der Waals surface area contributed by atoms with E-state index in [1.54, 1.807) is 38.4 Å². The van der Waals surface area contributed by atoms with Gasteiger partial charge in [0.2, 0.25) is 11.8 Å². The van der Waals surface area contributed by atoms with E-state index in [4.69, 9.17) is 4.74 Å². The Bertz CT molecular complexity index is 984. The highest BCUT2D eigenvalue weighted by atomic mass is 32.3. The third kappa shape index (κ3) is 5.43. The summed E-state index contributed by atoms with van der Waals surface area (Å²) in [6, 6.07) is 14.0. The normalized spacial score (nSPS) is 17.3. The van der Waals surface area contributed by atoms with Gasteiger partial charge >= 0.3 is 0 Å². The highest BCUT2D eigenvalue weighted by molar-refractivity contribution is 8.32.